The third kappa shape index (κ3) is 8.99. The number of ether oxygens (including phenoxy) is 2. The van der Waals surface area contributed by atoms with Gasteiger partial charge in [0.05, 0.1) is 48.4 Å². The van der Waals surface area contributed by atoms with Crippen molar-refractivity contribution in [3.63, 3.8) is 0 Å². The van der Waals surface area contributed by atoms with Gasteiger partial charge in [0.25, 0.3) is 11.1 Å². The molecule has 1 saturated carbocycles. The highest BCUT2D eigenvalue weighted by molar-refractivity contribution is 6.30. The van der Waals surface area contributed by atoms with Crippen LogP contribution in [-0.4, -0.2) is 60.5 Å². The summed E-state index contributed by atoms with van der Waals surface area (Å²) < 4.78 is 53.6. The van der Waals surface area contributed by atoms with Gasteiger partial charge in [-0.3, -0.25) is 9.59 Å². The summed E-state index contributed by atoms with van der Waals surface area (Å²) >= 11 is 5.63. The highest BCUT2D eigenvalue weighted by atomic mass is 35.5. The molecule has 0 amide bonds. The first kappa shape index (κ1) is 33.3. The van der Waals surface area contributed by atoms with Crippen molar-refractivity contribution in [2.45, 2.75) is 89.9 Å². The Bertz CT molecular complexity index is 1530. The lowest BCUT2D eigenvalue weighted by atomic mass is 10.2. The molecule has 0 spiro atoms. The minimum atomic E-state index is -4.65. The molecule has 6 rings (SSSR count). The summed E-state index contributed by atoms with van der Waals surface area (Å²) in [5.41, 5.74) is -1.70. The van der Waals surface area contributed by atoms with Gasteiger partial charge >= 0.3 is 6.18 Å². The second kappa shape index (κ2) is 14.0. The van der Waals surface area contributed by atoms with E-state index in [4.69, 9.17) is 21.1 Å². The maximum atomic E-state index is 13.4. The highest BCUT2D eigenvalue weighted by Gasteiger charge is 2.39. The van der Waals surface area contributed by atoms with Crippen LogP contribution in [0.25, 0.3) is 0 Å². The lowest BCUT2D eigenvalue weighted by Gasteiger charge is -2.17. The van der Waals surface area contributed by atoms with Crippen LogP contribution < -0.4 is 21.8 Å². The second-order valence-electron chi connectivity index (χ2n) is 11.0. The minimum Gasteiger partial charge on any atom is -0.376 e. The van der Waals surface area contributed by atoms with Crippen molar-refractivity contribution >= 4 is 29.1 Å². The molecular formula is C28H36ClF3N8O4. The van der Waals surface area contributed by atoms with Gasteiger partial charge in [0.1, 0.15) is 11.4 Å². The van der Waals surface area contributed by atoms with Crippen molar-refractivity contribution < 1.29 is 22.6 Å². The van der Waals surface area contributed by atoms with Crippen molar-refractivity contribution in [2.75, 3.05) is 23.8 Å². The molecule has 240 valence electrons. The molecule has 3 aliphatic rings. The number of nitrogens with one attached hydrogen (secondary N) is 2. The molecule has 3 aromatic heterocycles. The van der Waals surface area contributed by atoms with Gasteiger partial charge in [0.2, 0.25) is 5.95 Å². The average Bonchev–Trinajstić information content (AvgIpc) is 3.31. The summed E-state index contributed by atoms with van der Waals surface area (Å²) in [5.74, 6) is -0.336. The van der Waals surface area contributed by atoms with Crippen LogP contribution in [0.4, 0.5) is 30.6 Å². The van der Waals surface area contributed by atoms with Gasteiger partial charge in [-0.2, -0.15) is 28.4 Å². The summed E-state index contributed by atoms with van der Waals surface area (Å²) in [6.07, 6.45) is 4.54. The fraction of sp³-hybridized carbons (Fsp3) is 0.571. The van der Waals surface area contributed by atoms with Crippen molar-refractivity contribution in [2.24, 2.45) is 0 Å². The summed E-state index contributed by atoms with van der Waals surface area (Å²) in [4.78, 5) is 31.5. The van der Waals surface area contributed by atoms with E-state index in [9.17, 15) is 22.8 Å². The molecule has 44 heavy (non-hydrogen) atoms. The zero-order chi connectivity index (χ0) is 30.6. The number of hydrogen-bond acceptors (Lipinski definition) is 10. The van der Waals surface area contributed by atoms with E-state index >= 15 is 0 Å². The van der Waals surface area contributed by atoms with E-state index in [1.807, 2.05) is 6.92 Å². The maximum Gasteiger partial charge on any atom is 0.421 e. The van der Waals surface area contributed by atoms with E-state index in [0.717, 1.165) is 51.3 Å². The Morgan fingerprint density at radius 1 is 0.977 bits per heavy atom. The molecule has 2 aliphatic heterocycles. The van der Waals surface area contributed by atoms with E-state index in [2.05, 4.69) is 30.8 Å². The van der Waals surface area contributed by atoms with Crippen LogP contribution in [0.5, 0.6) is 0 Å². The van der Waals surface area contributed by atoms with Crippen LogP contribution in [0.1, 0.15) is 58.4 Å². The average molecular weight is 641 g/mol. The molecule has 2 atom stereocenters. The van der Waals surface area contributed by atoms with Crippen molar-refractivity contribution in [3.8, 4) is 0 Å². The number of nitrogens with zero attached hydrogens (tertiary/aromatic N) is 6. The fourth-order valence-electron chi connectivity index (χ4n) is 4.61. The summed E-state index contributed by atoms with van der Waals surface area (Å²) in [5, 5.41) is 14.0. The van der Waals surface area contributed by atoms with Gasteiger partial charge in [0, 0.05) is 37.1 Å². The van der Waals surface area contributed by atoms with Gasteiger partial charge in [-0.15, -0.1) is 0 Å². The van der Waals surface area contributed by atoms with Gasteiger partial charge < -0.3 is 20.1 Å². The molecule has 0 aromatic carbocycles. The highest BCUT2D eigenvalue weighted by Crippen LogP contribution is 2.39. The zero-order valence-electron chi connectivity index (χ0n) is 23.4. The standard InChI is InChI=1S/C18H21F3N6O2.C9H11ClN2O2.CH4/c1-17(4-5-17)26-16-22-9-13(18(19,20)21)15(25-16)24-11-7-14(28)27(23-8-11)10-12-3-2-6-29-12;10-7-4-9(13)12(11-5-7)6-8-2-1-3-14-8;/h7-9,12H,2-6,10H2,1H3,(H2,22,24,25,26);4-5,8H,1-3,6H2;1H4. The predicted molar refractivity (Wildman–Crippen MR) is 158 cm³/mol. The van der Waals surface area contributed by atoms with Gasteiger partial charge in [-0.1, -0.05) is 19.0 Å². The number of aromatic nitrogens is 6. The molecule has 0 bridgehead atoms. The van der Waals surface area contributed by atoms with Crippen molar-refractivity contribution in [1.82, 2.24) is 29.5 Å². The minimum absolute atomic E-state index is 0. The molecule has 0 radical (unpaired) electrons. The molecule has 2 saturated heterocycles. The SMILES string of the molecule is C.CC1(Nc2ncc(C(F)(F)F)c(Nc3cnn(CC4CCCO4)c(=O)c3)n2)CC1.O=c1cc(Cl)cnn1CC1CCCO1. The molecule has 5 heterocycles. The third-order valence-electron chi connectivity index (χ3n) is 7.28. The molecule has 3 aromatic rings. The first-order chi connectivity index (χ1) is 20.5. The summed E-state index contributed by atoms with van der Waals surface area (Å²) in [6, 6.07) is 2.56. The van der Waals surface area contributed by atoms with Crippen LogP contribution in [0, 0.1) is 0 Å². The van der Waals surface area contributed by atoms with Crippen LogP contribution in [-0.2, 0) is 28.7 Å². The Balaban J connectivity index is 0.000000248. The molecule has 12 nitrogen and oxygen atoms in total. The predicted octanol–water partition coefficient (Wildman–Crippen LogP) is 4.65. The van der Waals surface area contributed by atoms with Crippen LogP contribution >= 0.6 is 11.6 Å². The number of rotatable bonds is 8. The van der Waals surface area contributed by atoms with Gasteiger partial charge in [-0.05, 0) is 45.4 Å². The van der Waals surface area contributed by atoms with Crippen LogP contribution in [0.2, 0.25) is 5.02 Å². The lowest BCUT2D eigenvalue weighted by Crippen LogP contribution is -2.28. The zero-order valence-corrected chi connectivity index (χ0v) is 24.2. The molecule has 3 fully saturated rings. The number of anilines is 3. The quantitative estimate of drug-likeness (QED) is 0.358. The molecule has 16 heteroatoms. The first-order valence-electron chi connectivity index (χ1n) is 14.0. The van der Waals surface area contributed by atoms with E-state index in [1.54, 1.807) is 0 Å². The Kier molecular flexibility index (Phi) is 10.6. The van der Waals surface area contributed by atoms with E-state index in [1.165, 1.54) is 33.9 Å². The summed E-state index contributed by atoms with van der Waals surface area (Å²) in [7, 11) is 0. The monoisotopic (exact) mass is 640 g/mol. The topological polar surface area (TPSA) is 138 Å². The van der Waals surface area contributed by atoms with Gasteiger partial charge in [-0.25, -0.2) is 14.3 Å². The Hall–Kier alpha value is -3.56. The Morgan fingerprint density at radius 3 is 2.07 bits per heavy atom. The molecule has 2 unspecified atom stereocenters. The van der Waals surface area contributed by atoms with Crippen molar-refractivity contribution in [1.29, 1.82) is 0 Å². The smallest absolute Gasteiger partial charge is 0.376 e. The fourth-order valence-corrected chi connectivity index (χ4v) is 4.75. The second-order valence-corrected chi connectivity index (χ2v) is 11.4. The molecular weight excluding hydrogens is 605 g/mol. The van der Waals surface area contributed by atoms with E-state index in [0.29, 0.717) is 24.7 Å². The maximum absolute atomic E-state index is 13.4. The molecule has 2 N–H and O–H groups in total. The Labute approximate surface area is 257 Å². The number of hydrogen-bond donors (Lipinski definition) is 2. The molecule has 1 aliphatic carbocycles. The van der Waals surface area contributed by atoms with Crippen LogP contribution in [0.15, 0.2) is 40.3 Å². The number of alkyl halides is 3. The third-order valence-corrected chi connectivity index (χ3v) is 7.48. The number of halogens is 4. The Morgan fingerprint density at radius 2 is 1.57 bits per heavy atom. The normalized spacial score (nSPS) is 20.3. The first-order valence-corrected chi connectivity index (χ1v) is 14.4. The van der Waals surface area contributed by atoms with Crippen molar-refractivity contribution in [3.05, 3.63) is 62.0 Å². The van der Waals surface area contributed by atoms with Gasteiger partial charge in [0.15, 0.2) is 0 Å². The largest absolute Gasteiger partial charge is 0.421 e. The van der Waals surface area contributed by atoms with E-state index < -0.39 is 23.1 Å². The summed E-state index contributed by atoms with van der Waals surface area (Å²) in [6.45, 7) is 4.22. The van der Waals surface area contributed by atoms with Crippen LogP contribution in [0.3, 0.4) is 0 Å². The van der Waals surface area contributed by atoms with E-state index in [-0.39, 0.29) is 42.4 Å². The lowest BCUT2D eigenvalue weighted by molar-refractivity contribution is -0.137.